The first kappa shape index (κ1) is 23.1. The van der Waals surface area contributed by atoms with Gasteiger partial charge in [0.15, 0.2) is 5.69 Å². The predicted octanol–water partition coefficient (Wildman–Crippen LogP) is -0.209. The van der Waals surface area contributed by atoms with Gasteiger partial charge in [0.1, 0.15) is 17.2 Å². The summed E-state index contributed by atoms with van der Waals surface area (Å²) in [6.07, 6.45) is 0.725. The van der Waals surface area contributed by atoms with Crippen molar-refractivity contribution in [3.05, 3.63) is 57.5 Å². The van der Waals surface area contributed by atoms with Crippen LogP contribution in [0, 0.1) is 5.82 Å². The molecule has 170 valence electrons. The van der Waals surface area contributed by atoms with Gasteiger partial charge in [0, 0.05) is 27.7 Å². The third-order valence-corrected chi connectivity index (χ3v) is 5.37. The van der Waals surface area contributed by atoms with Gasteiger partial charge in [-0.25, -0.2) is 9.37 Å². The van der Waals surface area contributed by atoms with Crippen molar-refractivity contribution in [2.75, 3.05) is 20.6 Å². The van der Waals surface area contributed by atoms with Crippen molar-refractivity contribution in [1.82, 2.24) is 25.1 Å². The lowest BCUT2D eigenvalue weighted by Gasteiger charge is -2.29. The Morgan fingerprint density at radius 2 is 1.94 bits per heavy atom. The lowest BCUT2D eigenvalue weighted by atomic mass is 9.89. The van der Waals surface area contributed by atoms with E-state index in [2.05, 4.69) is 15.6 Å². The van der Waals surface area contributed by atoms with Crippen molar-refractivity contribution in [2.24, 2.45) is 7.05 Å². The summed E-state index contributed by atoms with van der Waals surface area (Å²) in [5, 5.41) is 15.8. The van der Waals surface area contributed by atoms with Gasteiger partial charge in [0.2, 0.25) is 11.5 Å². The van der Waals surface area contributed by atoms with E-state index in [-0.39, 0.29) is 18.8 Å². The number of rotatable bonds is 6. The van der Waals surface area contributed by atoms with Crippen LogP contribution in [0.2, 0.25) is 0 Å². The molecule has 11 heteroatoms. The number of carbonyl (C=O) groups is 3. The fourth-order valence-electron chi connectivity index (χ4n) is 3.61. The molecule has 1 atom stereocenters. The zero-order chi connectivity index (χ0) is 23.6. The van der Waals surface area contributed by atoms with Crippen molar-refractivity contribution < 1.29 is 23.9 Å². The maximum absolute atomic E-state index is 13.1. The molecule has 1 saturated heterocycles. The van der Waals surface area contributed by atoms with E-state index >= 15 is 0 Å². The molecule has 1 aromatic carbocycles. The molecule has 1 fully saturated rings. The molecule has 1 aliphatic heterocycles. The zero-order valence-corrected chi connectivity index (χ0v) is 17.9. The summed E-state index contributed by atoms with van der Waals surface area (Å²) in [5.41, 5.74) is -2.51. The van der Waals surface area contributed by atoms with Gasteiger partial charge in [-0.15, -0.1) is 0 Å². The standard InChI is InChI=1S/C21H24FN5O5/c1-26(2)19(32)16(29)21(9-4-10-24-21)20-25-14(15(28)18(31)27(20)3)17(30)23-11-12-5-7-13(22)8-6-12/h5-8,24,28H,4,9-11H2,1-3H3,(H,23,30)/t21-/m1/s1. The van der Waals surface area contributed by atoms with E-state index in [0.717, 1.165) is 9.47 Å². The Morgan fingerprint density at radius 1 is 1.28 bits per heavy atom. The van der Waals surface area contributed by atoms with Crippen LogP contribution in [-0.4, -0.2) is 57.8 Å². The highest BCUT2D eigenvalue weighted by atomic mass is 19.1. The Labute approximate surface area is 183 Å². The molecule has 3 rings (SSSR count). The Kier molecular flexibility index (Phi) is 6.40. The summed E-state index contributed by atoms with van der Waals surface area (Å²) in [7, 11) is 4.17. The zero-order valence-electron chi connectivity index (χ0n) is 17.9. The smallest absolute Gasteiger partial charge is 0.296 e. The van der Waals surface area contributed by atoms with E-state index in [1.165, 1.54) is 45.4 Å². The Balaban J connectivity index is 2.01. The molecule has 0 spiro atoms. The second-order valence-electron chi connectivity index (χ2n) is 7.77. The summed E-state index contributed by atoms with van der Waals surface area (Å²) in [6.45, 7) is 0.390. The molecule has 1 aromatic heterocycles. The number of aromatic nitrogens is 2. The van der Waals surface area contributed by atoms with Crippen molar-refractivity contribution >= 4 is 17.6 Å². The molecule has 0 bridgehead atoms. The fraction of sp³-hybridized carbons (Fsp3) is 0.381. The minimum Gasteiger partial charge on any atom is -0.501 e. The number of nitrogens with one attached hydrogen (secondary N) is 2. The number of hydrogen-bond acceptors (Lipinski definition) is 7. The number of hydrogen-bond donors (Lipinski definition) is 3. The molecule has 0 unspecified atom stereocenters. The van der Waals surface area contributed by atoms with Crippen LogP contribution in [0.25, 0.3) is 0 Å². The van der Waals surface area contributed by atoms with E-state index in [4.69, 9.17) is 0 Å². The van der Waals surface area contributed by atoms with Crippen LogP contribution in [0.5, 0.6) is 5.75 Å². The fourth-order valence-corrected chi connectivity index (χ4v) is 3.61. The lowest BCUT2D eigenvalue weighted by Crippen LogP contribution is -2.54. The third kappa shape index (κ3) is 4.11. The van der Waals surface area contributed by atoms with Crippen molar-refractivity contribution in [2.45, 2.75) is 24.9 Å². The van der Waals surface area contributed by atoms with E-state index < -0.39 is 46.0 Å². The average molecular weight is 445 g/mol. The number of nitrogens with zero attached hydrogens (tertiary/aromatic N) is 3. The third-order valence-electron chi connectivity index (χ3n) is 5.37. The molecule has 2 aromatic rings. The normalized spacial score (nSPS) is 17.8. The molecule has 32 heavy (non-hydrogen) atoms. The second-order valence-corrected chi connectivity index (χ2v) is 7.77. The van der Waals surface area contributed by atoms with Gasteiger partial charge >= 0.3 is 0 Å². The van der Waals surface area contributed by atoms with Crippen LogP contribution in [0.3, 0.4) is 0 Å². The lowest BCUT2D eigenvalue weighted by molar-refractivity contribution is -0.146. The summed E-state index contributed by atoms with van der Waals surface area (Å²) in [4.78, 5) is 56.2. The van der Waals surface area contributed by atoms with E-state index in [9.17, 15) is 28.7 Å². The van der Waals surface area contributed by atoms with Gasteiger partial charge < -0.3 is 15.3 Å². The van der Waals surface area contributed by atoms with E-state index in [0.29, 0.717) is 18.5 Å². The topological polar surface area (TPSA) is 134 Å². The first-order valence-corrected chi connectivity index (χ1v) is 9.92. The van der Waals surface area contributed by atoms with Gasteiger partial charge in [-0.05, 0) is 37.1 Å². The summed E-state index contributed by atoms with van der Waals surface area (Å²) in [5.74, 6) is -3.90. The molecule has 3 N–H and O–H groups in total. The molecular weight excluding hydrogens is 421 g/mol. The highest BCUT2D eigenvalue weighted by molar-refractivity contribution is 6.39. The molecule has 0 aliphatic carbocycles. The monoisotopic (exact) mass is 445 g/mol. The number of carbonyl (C=O) groups excluding carboxylic acids is 3. The van der Waals surface area contributed by atoms with Gasteiger partial charge in [0.25, 0.3) is 17.4 Å². The number of amides is 2. The van der Waals surface area contributed by atoms with Crippen molar-refractivity contribution in [3.8, 4) is 5.75 Å². The first-order chi connectivity index (χ1) is 15.1. The maximum atomic E-state index is 13.1. The Hall–Kier alpha value is -3.60. The van der Waals surface area contributed by atoms with Crippen LogP contribution in [0.15, 0.2) is 29.1 Å². The maximum Gasteiger partial charge on any atom is 0.296 e. The van der Waals surface area contributed by atoms with Crippen molar-refractivity contribution in [3.63, 3.8) is 0 Å². The van der Waals surface area contributed by atoms with Crippen LogP contribution in [0.1, 0.15) is 34.7 Å². The minimum atomic E-state index is -1.60. The molecule has 0 radical (unpaired) electrons. The van der Waals surface area contributed by atoms with Gasteiger partial charge in [-0.2, -0.15) is 0 Å². The summed E-state index contributed by atoms with van der Waals surface area (Å²) < 4.78 is 14.0. The second kappa shape index (κ2) is 8.87. The number of halogens is 1. The number of likely N-dealkylation sites (N-methyl/N-ethyl adjacent to an activating group) is 1. The van der Waals surface area contributed by atoms with Crippen molar-refractivity contribution in [1.29, 1.82) is 0 Å². The molecule has 0 saturated carbocycles. The number of aromatic hydroxyl groups is 1. The summed E-state index contributed by atoms with van der Waals surface area (Å²) in [6, 6.07) is 5.41. The highest BCUT2D eigenvalue weighted by Gasteiger charge is 2.49. The highest BCUT2D eigenvalue weighted by Crippen LogP contribution is 2.31. The van der Waals surface area contributed by atoms with Crippen LogP contribution < -0.4 is 16.2 Å². The van der Waals surface area contributed by atoms with Crippen LogP contribution in [-0.2, 0) is 28.7 Å². The average Bonchev–Trinajstić information content (AvgIpc) is 3.26. The van der Waals surface area contributed by atoms with E-state index in [1.807, 2.05) is 0 Å². The molecule has 2 heterocycles. The Bertz CT molecular complexity index is 1120. The number of ketones is 1. The molecule has 10 nitrogen and oxygen atoms in total. The molecular formula is C21H24FN5O5. The van der Waals surface area contributed by atoms with Gasteiger partial charge in [-0.3, -0.25) is 29.1 Å². The SMILES string of the molecule is CN(C)C(=O)C(=O)[C@@]1(c2nc(C(=O)NCc3ccc(F)cc3)c(O)c(=O)n2C)CCCN1. The van der Waals surface area contributed by atoms with E-state index in [1.54, 1.807) is 0 Å². The quantitative estimate of drug-likeness (QED) is 0.524. The van der Waals surface area contributed by atoms with Crippen LogP contribution >= 0.6 is 0 Å². The van der Waals surface area contributed by atoms with Gasteiger partial charge in [-0.1, -0.05) is 12.1 Å². The first-order valence-electron chi connectivity index (χ1n) is 9.92. The number of Topliss-reactive ketones (excluding diaryl/α,β-unsaturated/α-hetero) is 1. The Morgan fingerprint density at radius 3 is 2.50 bits per heavy atom. The number of benzene rings is 1. The molecule has 2 amide bonds. The molecule has 1 aliphatic rings. The summed E-state index contributed by atoms with van der Waals surface area (Å²) >= 11 is 0. The predicted molar refractivity (Wildman–Crippen MR) is 111 cm³/mol. The van der Waals surface area contributed by atoms with Crippen LogP contribution in [0.4, 0.5) is 4.39 Å². The van der Waals surface area contributed by atoms with Gasteiger partial charge in [0.05, 0.1) is 0 Å². The largest absolute Gasteiger partial charge is 0.501 e. The minimum absolute atomic E-state index is 0.00772.